The van der Waals surface area contributed by atoms with E-state index in [4.69, 9.17) is 0 Å². The molecule has 0 amide bonds. The molecular weight excluding hydrogens is 360 g/mol. The first-order chi connectivity index (χ1) is 14.5. The van der Waals surface area contributed by atoms with Crippen molar-refractivity contribution in [2.45, 2.75) is 109 Å². The standard InChI is InChI=1S/C30H42/c1-3-25-5-6-27(11-26(25)4-2)28-12-23-10-24(13-28)18-30(17-23,19-28)29-14-20-7-21(15-29)9-22(8-20)16-29/h5-6,11,20-24H,3-4,7-10,12-19H2,1-2H3. The lowest BCUT2D eigenvalue weighted by Crippen LogP contribution is -2.63. The Morgan fingerprint density at radius 1 is 0.633 bits per heavy atom. The smallest absolute Gasteiger partial charge is 0.00361 e. The molecule has 162 valence electrons. The molecule has 0 heterocycles. The van der Waals surface area contributed by atoms with Crippen LogP contribution in [0.4, 0.5) is 0 Å². The van der Waals surface area contributed by atoms with E-state index in [0.717, 1.165) is 35.0 Å². The fourth-order valence-electron chi connectivity index (χ4n) is 11.6. The zero-order chi connectivity index (χ0) is 20.1. The molecule has 30 heavy (non-hydrogen) atoms. The first-order valence-corrected chi connectivity index (χ1v) is 13.7. The summed E-state index contributed by atoms with van der Waals surface area (Å²) in [7, 11) is 0. The minimum absolute atomic E-state index is 0.531. The average molecular weight is 403 g/mol. The maximum Gasteiger partial charge on any atom is -0.00361 e. The Hall–Kier alpha value is -0.780. The SMILES string of the molecule is CCc1ccc(C23CC4CC(C2)CC(C25CC6CC(CC(C6)C2)C5)(C4)C3)cc1CC. The predicted octanol–water partition coefficient (Wildman–Crippen LogP) is 7.87. The molecule has 1 aromatic rings. The Morgan fingerprint density at radius 3 is 1.73 bits per heavy atom. The van der Waals surface area contributed by atoms with E-state index in [1.54, 1.807) is 80.9 Å². The third kappa shape index (κ3) is 2.40. The summed E-state index contributed by atoms with van der Waals surface area (Å²) < 4.78 is 0. The zero-order valence-corrected chi connectivity index (χ0v) is 19.5. The molecular formula is C30H42. The van der Waals surface area contributed by atoms with E-state index in [1.165, 1.54) is 25.7 Å². The summed E-state index contributed by atoms with van der Waals surface area (Å²) in [6.45, 7) is 4.70. The Bertz CT molecular complexity index is 810. The van der Waals surface area contributed by atoms with Crippen molar-refractivity contribution < 1.29 is 0 Å². The molecule has 0 heteroatoms. The Balaban J connectivity index is 1.31. The van der Waals surface area contributed by atoms with Crippen molar-refractivity contribution in [3.05, 3.63) is 34.9 Å². The average Bonchev–Trinajstić information content (AvgIpc) is 2.71. The fourth-order valence-corrected chi connectivity index (χ4v) is 11.6. The van der Waals surface area contributed by atoms with E-state index >= 15 is 0 Å². The lowest BCUT2D eigenvalue weighted by Gasteiger charge is -2.72. The van der Waals surface area contributed by atoms with Crippen LogP contribution in [-0.2, 0) is 18.3 Å². The summed E-state index contributed by atoms with van der Waals surface area (Å²) in [4.78, 5) is 0. The Morgan fingerprint density at radius 2 is 1.17 bits per heavy atom. The number of hydrogen-bond acceptors (Lipinski definition) is 0. The molecule has 1 aromatic carbocycles. The molecule has 0 saturated heterocycles. The molecule has 2 unspecified atom stereocenters. The maximum absolute atomic E-state index is 2.69. The highest BCUT2D eigenvalue weighted by molar-refractivity contribution is 5.39. The van der Waals surface area contributed by atoms with E-state index in [1.807, 2.05) is 0 Å². The van der Waals surface area contributed by atoms with E-state index in [-0.39, 0.29) is 0 Å². The zero-order valence-electron chi connectivity index (χ0n) is 19.5. The lowest BCUT2D eigenvalue weighted by molar-refractivity contribution is -0.205. The number of aryl methyl sites for hydroxylation is 2. The number of benzene rings is 1. The van der Waals surface area contributed by atoms with E-state index in [0.29, 0.717) is 10.8 Å². The van der Waals surface area contributed by atoms with Gasteiger partial charge in [0.15, 0.2) is 0 Å². The second-order valence-corrected chi connectivity index (χ2v) is 13.4. The monoisotopic (exact) mass is 402 g/mol. The van der Waals surface area contributed by atoms with E-state index in [2.05, 4.69) is 32.0 Å². The van der Waals surface area contributed by atoms with Gasteiger partial charge >= 0.3 is 0 Å². The van der Waals surface area contributed by atoms with E-state index in [9.17, 15) is 0 Å². The topological polar surface area (TPSA) is 0 Å². The van der Waals surface area contributed by atoms with Crippen molar-refractivity contribution in [1.82, 2.24) is 0 Å². The van der Waals surface area contributed by atoms with Gasteiger partial charge in [-0.15, -0.1) is 0 Å². The van der Waals surface area contributed by atoms with Gasteiger partial charge in [-0.05, 0) is 152 Å². The predicted molar refractivity (Wildman–Crippen MR) is 125 cm³/mol. The van der Waals surface area contributed by atoms with Crippen molar-refractivity contribution in [3.8, 4) is 0 Å². The van der Waals surface area contributed by atoms with Crippen LogP contribution in [0.3, 0.4) is 0 Å². The highest BCUT2D eigenvalue weighted by Gasteiger charge is 2.67. The third-order valence-electron chi connectivity index (χ3n) is 11.8. The first kappa shape index (κ1) is 18.8. The molecule has 2 atom stereocenters. The van der Waals surface area contributed by atoms with Crippen LogP contribution in [0.5, 0.6) is 0 Å². The summed E-state index contributed by atoms with van der Waals surface area (Å²) in [5, 5.41) is 0. The molecule has 8 saturated carbocycles. The van der Waals surface area contributed by atoms with Crippen molar-refractivity contribution in [1.29, 1.82) is 0 Å². The number of hydrogen-bond donors (Lipinski definition) is 0. The normalized spacial score (nSPS) is 50.4. The Kier molecular flexibility index (Phi) is 3.86. The summed E-state index contributed by atoms with van der Waals surface area (Å²) in [6.07, 6.45) is 21.5. The summed E-state index contributed by atoms with van der Waals surface area (Å²) in [5.74, 6) is 5.40. The summed E-state index contributed by atoms with van der Waals surface area (Å²) >= 11 is 0. The van der Waals surface area contributed by atoms with Crippen molar-refractivity contribution in [3.63, 3.8) is 0 Å². The second-order valence-electron chi connectivity index (χ2n) is 13.4. The van der Waals surface area contributed by atoms with Crippen LogP contribution < -0.4 is 0 Å². The van der Waals surface area contributed by atoms with Gasteiger partial charge in [-0.25, -0.2) is 0 Å². The molecule has 0 aliphatic heterocycles. The molecule has 8 aliphatic rings. The molecule has 8 fully saturated rings. The first-order valence-electron chi connectivity index (χ1n) is 13.7. The van der Waals surface area contributed by atoms with Crippen LogP contribution in [0.1, 0.15) is 108 Å². The van der Waals surface area contributed by atoms with Crippen molar-refractivity contribution in [2.75, 3.05) is 0 Å². The fraction of sp³-hybridized carbons (Fsp3) is 0.800. The molecule has 0 N–H and O–H groups in total. The molecule has 0 spiro atoms. The molecule has 0 aromatic heterocycles. The minimum atomic E-state index is 0.531. The van der Waals surface area contributed by atoms with Gasteiger partial charge in [0.2, 0.25) is 0 Å². The highest BCUT2D eigenvalue weighted by Crippen LogP contribution is 2.77. The van der Waals surface area contributed by atoms with Crippen LogP contribution in [0.2, 0.25) is 0 Å². The van der Waals surface area contributed by atoms with Gasteiger partial charge in [-0.3, -0.25) is 0 Å². The van der Waals surface area contributed by atoms with Gasteiger partial charge < -0.3 is 0 Å². The highest BCUT2D eigenvalue weighted by atomic mass is 14.7. The summed E-state index contributed by atoms with van der Waals surface area (Å²) in [5.41, 5.74) is 7.00. The lowest BCUT2D eigenvalue weighted by atomic mass is 9.32. The molecule has 9 rings (SSSR count). The van der Waals surface area contributed by atoms with Gasteiger partial charge in [0, 0.05) is 0 Å². The van der Waals surface area contributed by atoms with Crippen LogP contribution in [-0.4, -0.2) is 0 Å². The van der Waals surface area contributed by atoms with Crippen molar-refractivity contribution in [2.24, 2.45) is 40.4 Å². The Labute approximate surface area is 184 Å². The van der Waals surface area contributed by atoms with Gasteiger partial charge in [0.25, 0.3) is 0 Å². The van der Waals surface area contributed by atoms with Crippen LogP contribution in [0.15, 0.2) is 18.2 Å². The molecule has 8 bridgehead atoms. The third-order valence-corrected chi connectivity index (χ3v) is 11.8. The van der Waals surface area contributed by atoms with Gasteiger partial charge in [0.05, 0.1) is 0 Å². The van der Waals surface area contributed by atoms with Crippen LogP contribution in [0, 0.1) is 40.4 Å². The van der Waals surface area contributed by atoms with Crippen LogP contribution >= 0.6 is 0 Å². The van der Waals surface area contributed by atoms with E-state index < -0.39 is 0 Å². The van der Waals surface area contributed by atoms with Gasteiger partial charge in [-0.1, -0.05) is 32.0 Å². The van der Waals surface area contributed by atoms with Crippen molar-refractivity contribution >= 4 is 0 Å². The summed E-state index contributed by atoms with van der Waals surface area (Å²) in [6, 6.07) is 7.81. The maximum atomic E-state index is 2.69. The second kappa shape index (κ2) is 6.17. The van der Waals surface area contributed by atoms with Gasteiger partial charge in [-0.2, -0.15) is 0 Å². The molecule has 0 nitrogen and oxygen atoms in total. The minimum Gasteiger partial charge on any atom is -0.0613 e. The quantitative estimate of drug-likeness (QED) is 0.480. The molecule has 8 aliphatic carbocycles. The van der Waals surface area contributed by atoms with Gasteiger partial charge in [0.1, 0.15) is 0 Å². The van der Waals surface area contributed by atoms with Crippen LogP contribution in [0.25, 0.3) is 0 Å². The number of rotatable bonds is 4. The molecule has 0 radical (unpaired) electrons. The largest absolute Gasteiger partial charge is 0.0613 e.